The zero-order valence-corrected chi connectivity index (χ0v) is 15.6. The summed E-state index contributed by atoms with van der Waals surface area (Å²) in [5.41, 5.74) is 3.04. The normalized spacial score (nSPS) is 13.8. The van der Waals surface area contributed by atoms with Crippen molar-refractivity contribution in [1.82, 2.24) is 0 Å². The molecule has 0 bridgehead atoms. The molecule has 0 fully saturated rings. The largest absolute Gasteiger partial charge is 0.482 e. The molecule has 0 atom stereocenters. The van der Waals surface area contributed by atoms with Crippen LogP contribution in [-0.2, 0) is 16.1 Å². The number of ether oxygens (including phenoxy) is 1. The summed E-state index contributed by atoms with van der Waals surface area (Å²) in [5, 5.41) is 2.91. The first-order valence-corrected chi connectivity index (χ1v) is 8.69. The van der Waals surface area contributed by atoms with Gasteiger partial charge in [0.1, 0.15) is 5.75 Å². The van der Waals surface area contributed by atoms with Crippen LogP contribution in [0.4, 0.5) is 11.4 Å². The number of hydrogen-bond acceptors (Lipinski definition) is 3. The molecular formula is C21H24N2O3. The maximum absolute atomic E-state index is 12.5. The maximum Gasteiger partial charge on any atom is 0.265 e. The van der Waals surface area contributed by atoms with Crippen molar-refractivity contribution in [2.75, 3.05) is 16.8 Å². The quantitative estimate of drug-likeness (QED) is 0.911. The van der Waals surface area contributed by atoms with E-state index in [1.807, 2.05) is 52.0 Å². The monoisotopic (exact) mass is 352 g/mol. The standard InChI is InChI=1S/C21H24N2O3/c1-14-7-5-6-8-15(14)12-23-17-11-16(22-20(25)21(2,3)4)9-10-18(17)26-13-19(23)24/h5-11H,12-13H2,1-4H3,(H,22,25). The summed E-state index contributed by atoms with van der Waals surface area (Å²) in [7, 11) is 0. The maximum atomic E-state index is 12.5. The third kappa shape index (κ3) is 3.72. The minimum absolute atomic E-state index is 0.0204. The highest BCUT2D eigenvalue weighted by Crippen LogP contribution is 2.36. The molecule has 2 amide bonds. The first-order valence-electron chi connectivity index (χ1n) is 8.69. The molecule has 0 saturated carbocycles. The van der Waals surface area contributed by atoms with E-state index >= 15 is 0 Å². The molecule has 2 aromatic rings. The van der Waals surface area contributed by atoms with Crippen LogP contribution in [0, 0.1) is 12.3 Å². The number of carbonyl (C=O) groups is 2. The number of amides is 2. The average Bonchev–Trinajstić information content (AvgIpc) is 2.58. The summed E-state index contributed by atoms with van der Waals surface area (Å²) in [4.78, 5) is 26.5. The summed E-state index contributed by atoms with van der Waals surface area (Å²) in [6.45, 7) is 8.10. The van der Waals surface area contributed by atoms with Crippen LogP contribution < -0.4 is 15.0 Å². The van der Waals surface area contributed by atoms with Crippen molar-refractivity contribution in [1.29, 1.82) is 0 Å². The van der Waals surface area contributed by atoms with Crippen molar-refractivity contribution in [3.63, 3.8) is 0 Å². The molecule has 0 aliphatic carbocycles. The van der Waals surface area contributed by atoms with Crippen LogP contribution in [0.5, 0.6) is 5.75 Å². The van der Waals surface area contributed by atoms with Gasteiger partial charge in [0.2, 0.25) is 5.91 Å². The second kappa shape index (κ2) is 6.83. The van der Waals surface area contributed by atoms with Gasteiger partial charge in [0.05, 0.1) is 12.2 Å². The first-order chi connectivity index (χ1) is 12.3. The fraction of sp³-hybridized carbons (Fsp3) is 0.333. The molecule has 2 aromatic carbocycles. The molecule has 1 aliphatic rings. The smallest absolute Gasteiger partial charge is 0.265 e. The molecule has 1 aliphatic heterocycles. The van der Waals surface area contributed by atoms with Crippen LogP contribution in [0.25, 0.3) is 0 Å². The molecule has 5 nitrogen and oxygen atoms in total. The number of nitrogens with zero attached hydrogens (tertiary/aromatic N) is 1. The number of anilines is 2. The van der Waals surface area contributed by atoms with Crippen LogP contribution in [0.1, 0.15) is 31.9 Å². The Hall–Kier alpha value is -2.82. The number of aryl methyl sites for hydroxylation is 1. The van der Waals surface area contributed by atoms with Crippen molar-refractivity contribution < 1.29 is 14.3 Å². The van der Waals surface area contributed by atoms with E-state index in [1.165, 1.54) is 0 Å². The fourth-order valence-corrected chi connectivity index (χ4v) is 2.73. The molecule has 0 spiro atoms. The zero-order chi connectivity index (χ0) is 18.9. The van der Waals surface area contributed by atoms with Crippen LogP contribution in [0.2, 0.25) is 0 Å². The summed E-state index contributed by atoms with van der Waals surface area (Å²) < 4.78 is 5.56. The Morgan fingerprint density at radius 2 is 1.92 bits per heavy atom. The summed E-state index contributed by atoms with van der Waals surface area (Å²) in [6.07, 6.45) is 0. The minimum Gasteiger partial charge on any atom is -0.482 e. The van der Waals surface area contributed by atoms with Crippen molar-refractivity contribution in [3.05, 3.63) is 53.6 Å². The lowest BCUT2D eigenvalue weighted by atomic mass is 9.95. The van der Waals surface area contributed by atoms with E-state index in [2.05, 4.69) is 5.32 Å². The van der Waals surface area contributed by atoms with Gasteiger partial charge in [-0.2, -0.15) is 0 Å². The zero-order valence-electron chi connectivity index (χ0n) is 15.6. The van der Waals surface area contributed by atoms with Crippen molar-refractivity contribution >= 4 is 23.2 Å². The van der Waals surface area contributed by atoms with Gasteiger partial charge in [0, 0.05) is 11.1 Å². The lowest BCUT2D eigenvalue weighted by Crippen LogP contribution is -2.38. The van der Waals surface area contributed by atoms with Gasteiger partial charge in [-0.05, 0) is 36.2 Å². The second-order valence-corrected chi connectivity index (χ2v) is 7.58. The summed E-state index contributed by atoms with van der Waals surface area (Å²) in [5.74, 6) is 0.470. The third-order valence-electron chi connectivity index (χ3n) is 4.43. The average molecular weight is 352 g/mol. The first kappa shape index (κ1) is 18.0. The van der Waals surface area contributed by atoms with Crippen LogP contribution >= 0.6 is 0 Å². The van der Waals surface area contributed by atoms with Gasteiger partial charge in [-0.15, -0.1) is 0 Å². The van der Waals surface area contributed by atoms with E-state index in [0.717, 1.165) is 11.1 Å². The van der Waals surface area contributed by atoms with E-state index in [-0.39, 0.29) is 18.4 Å². The molecule has 136 valence electrons. The van der Waals surface area contributed by atoms with Gasteiger partial charge in [-0.3, -0.25) is 9.59 Å². The van der Waals surface area contributed by atoms with Crippen LogP contribution in [0.3, 0.4) is 0 Å². The van der Waals surface area contributed by atoms with E-state index in [0.29, 0.717) is 23.7 Å². The molecule has 1 heterocycles. The van der Waals surface area contributed by atoms with E-state index in [1.54, 1.807) is 23.1 Å². The van der Waals surface area contributed by atoms with Gasteiger partial charge < -0.3 is 15.0 Å². The van der Waals surface area contributed by atoms with Gasteiger partial charge in [-0.1, -0.05) is 45.0 Å². The lowest BCUT2D eigenvalue weighted by Gasteiger charge is -2.30. The molecule has 0 radical (unpaired) electrons. The lowest BCUT2D eigenvalue weighted by molar-refractivity contribution is -0.123. The number of hydrogen-bond donors (Lipinski definition) is 1. The number of rotatable bonds is 3. The molecule has 26 heavy (non-hydrogen) atoms. The van der Waals surface area contributed by atoms with E-state index < -0.39 is 5.41 Å². The summed E-state index contributed by atoms with van der Waals surface area (Å²) >= 11 is 0. The molecule has 0 saturated heterocycles. The summed E-state index contributed by atoms with van der Waals surface area (Å²) in [6, 6.07) is 13.4. The SMILES string of the molecule is Cc1ccccc1CN1C(=O)COc2ccc(NC(=O)C(C)(C)C)cc21. The molecule has 1 N–H and O–H groups in total. The number of benzene rings is 2. The fourth-order valence-electron chi connectivity index (χ4n) is 2.73. The molecule has 0 unspecified atom stereocenters. The highest BCUT2D eigenvalue weighted by molar-refractivity contribution is 6.00. The van der Waals surface area contributed by atoms with Crippen molar-refractivity contribution in [2.24, 2.45) is 5.41 Å². The Morgan fingerprint density at radius 1 is 1.19 bits per heavy atom. The van der Waals surface area contributed by atoms with Gasteiger partial charge in [0.25, 0.3) is 5.91 Å². The Bertz CT molecular complexity index is 853. The van der Waals surface area contributed by atoms with E-state index in [9.17, 15) is 9.59 Å². The Balaban J connectivity index is 1.92. The molecule has 3 rings (SSSR count). The van der Waals surface area contributed by atoms with Crippen LogP contribution in [0.15, 0.2) is 42.5 Å². The highest BCUT2D eigenvalue weighted by atomic mass is 16.5. The Kier molecular flexibility index (Phi) is 4.72. The minimum atomic E-state index is -0.497. The Labute approximate surface area is 154 Å². The van der Waals surface area contributed by atoms with Gasteiger partial charge in [0.15, 0.2) is 6.61 Å². The van der Waals surface area contributed by atoms with Crippen molar-refractivity contribution in [2.45, 2.75) is 34.2 Å². The van der Waals surface area contributed by atoms with Gasteiger partial charge in [-0.25, -0.2) is 0 Å². The molecule has 5 heteroatoms. The molecule has 0 aromatic heterocycles. The predicted molar refractivity (Wildman–Crippen MR) is 102 cm³/mol. The number of carbonyl (C=O) groups excluding carboxylic acids is 2. The van der Waals surface area contributed by atoms with Crippen LogP contribution in [-0.4, -0.2) is 18.4 Å². The molecular weight excluding hydrogens is 328 g/mol. The number of nitrogens with one attached hydrogen (secondary N) is 1. The Morgan fingerprint density at radius 3 is 2.62 bits per heavy atom. The third-order valence-corrected chi connectivity index (χ3v) is 4.43. The van der Waals surface area contributed by atoms with Gasteiger partial charge >= 0.3 is 0 Å². The topological polar surface area (TPSA) is 58.6 Å². The predicted octanol–water partition coefficient (Wildman–Crippen LogP) is 3.91. The van der Waals surface area contributed by atoms with E-state index in [4.69, 9.17) is 4.74 Å². The second-order valence-electron chi connectivity index (χ2n) is 7.58. The highest BCUT2D eigenvalue weighted by Gasteiger charge is 2.27. The van der Waals surface area contributed by atoms with Crippen molar-refractivity contribution in [3.8, 4) is 5.75 Å². The number of fused-ring (bicyclic) bond motifs is 1.